The fraction of sp³-hybridized carbons (Fsp3) is 0.875. The SMILES string of the molecule is CC1CCCC(NC(=O)NC2(C)CCCCC2)(C(=O)O)C1. The van der Waals surface area contributed by atoms with Crippen molar-refractivity contribution in [2.24, 2.45) is 5.92 Å². The summed E-state index contributed by atoms with van der Waals surface area (Å²) in [4.78, 5) is 24.0. The number of nitrogens with one attached hydrogen (secondary N) is 2. The molecule has 0 heterocycles. The molecule has 3 N–H and O–H groups in total. The first-order valence-corrected chi connectivity index (χ1v) is 8.19. The van der Waals surface area contributed by atoms with Crippen molar-refractivity contribution in [3.8, 4) is 0 Å². The number of carboxylic acids is 1. The van der Waals surface area contributed by atoms with E-state index in [0.29, 0.717) is 18.8 Å². The number of rotatable bonds is 3. The van der Waals surface area contributed by atoms with Crippen LogP contribution in [0.1, 0.15) is 71.6 Å². The smallest absolute Gasteiger partial charge is 0.329 e. The number of carboxylic acid groups (broad SMARTS) is 1. The van der Waals surface area contributed by atoms with Gasteiger partial charge in [0.05, 0.1) is 0 Å². The minimum Gasteiger partial charge on any atom is -0.480 e. The fourth-order valence-electron chi connectivity index (χ4n) is 3.89. The second kappa shape index (κ2) is 6.24. The predicted molar refractivity (Wildman–Crippen MR) is 81.2 cm³/mol. The molecule has 2 atom stereocenters. The standard InChI is InChI=1S/C16H28N2O3/c1-12-7-6-10-16(11-12,13(19)20)18-14(21)17-15(2)8-4-3-5-9-15/h12H,3-11H2,1-2H3,(H,19,20)(H2,17,18,21). The van der Waals surface area contributed by atoms with E-state index in [1.165, 1.54) is 6.42 Å². The number of aliphatic carboxylic acids is 1. The van der Waals surface area contributed by atoms with E-state index < -0.39 is 11.5 Å². The Kier molecular flexibility index (Phi) is 4.79. The van der Waals surface area contributed by atoms with Gasteiger partial charge >= 0.3 is 12.0 Å². The van der Waals surface area contributed by atoms with E-state index in [9.17, 15) is 14.7 Å². The molecule has 0 aromatic heterocycles. The van der Waals surface area contributed by atoms with Crippen LogP contribution in [0.3, 0.4) is 0 Å². The van der Waals surface area contributed by atoms with Crippen LogP contribution < -0.4 is 10.6 Å². The summed E-state index contributed by atoms with van der Waals surface area (Å²) in [5.74, 6) is -0.571. The molecule has 2 aliphatic carbocycles. The average molecular weight is 296 g/mol. The number of carbonyl (C=O) groups is 2. The Balaban J connectivity index is 2.00. The van der Waals surface area contributed by atoms with E-state index in [1.54, 1.807) is 0 Å². The highest BCUT2D eigenvalue weighted by atomic mass is 16.4. The van der Waals surface area contributed by atoms with Crippen molar-refractivity contribution < 1.29 is 14.7 Å². The number of hydrogen-bond donors (Lipinski definition) is 3. The van der Waals surface area contributed by atoms with Gasteiger partial charge in [-0.05, 0) is 38.5 Å². The lowest BCUT2D eigenvalue weighted by molar-refractivity contribution is -0.146. The van der Waals surface area contributed by atoms with Gasteiger partial charge in [-0.15, -0.1) is 0 Å². The molecule has 0 aliphatic heterocycles. The normalized spacial score (nSPS) is 32.2. The van der Waals surface area contributed by atoms with Gasteiger partial charge in [0.1, 0.15) is 5.54 Å². The van der Waals surface area contributed by atoms with Crippen molar-refractivity contribution >= 4 is 12.0 Å². The van der Waals surface area contributed by atoms with Crippen LogP contribution in [0, 0.1) is 5.92 Å². The van der Waals surface area contributed by atoms with Gasteiger partial charge in [0.15, 0.2) is 0 Å². The molecule has 2 amide bonds. The Morgan fingerprint density at radius 3 is 2.29 bits per heavy atom. The largest absolute Gasteiger partial charge is 0.480 e. The molecule has 120 valence electrons. The second-order valence-corrected chi connectivity index (χ2v) is 7.29. The Morgan fingerprint density at radius 1 is 1.05 bits per heavy atom. The molecule has 0 aromatic carbocycles. The van der Waals surface area contributed by atoms with E-state index >= 15 is 0 Å². The summed E-state index contributed by atoms with van der Waals surface area (Å²) in [5.41, 5.74) is -1.28. The maximum Gasteiger partial charge on any atom is 0.329 e. The molecule has 5 heteroatoms. The summed E-state index contributed by atoms with van der Waals surface area (Å²) in [5, 5.41) is 15.4. The van der Waals surface area contributed by atoms with Gasteiger partial charge in [-0.3, -0.25) is 0 Å². The molecule has 2 rings (SSSR count). The van der Waals surface area contributed by atoms with Gasteiger partial charge in [0.2, 0.25) is 0 Å². The molecule has 0 saturated heterocycles. The molecule has 2 aliphatic rings. The monoisotopic (exact) mass is 296 g/mol. The fourth-order valence-corrected chi connectivity index (χ4v) is 3.89. The van der Waals surface area contributed by atoms with Crippen LogP contribution in [0.2, 0.25) is 0 Å². The van der Waals surface area contributed by atoms with Crippen molar-refractivity contribution in [2.45, 2.75) is 82.7 Å². The van der Waals surface area contributed by atoms with Crippen LogP contribution in [-0.4, -0.2) is 28.2 Å². The highest BCUT2D eigenvalue weighted by Crippen LogP contribution is 2.33. The Hall–Kier alpha value is -1.26. The molecule has 2 fully saturated rings. The van der Waals surface area contributed by atoms with E-state index in [-0.39, 0.29) is 11.6 Å². The van der Waals surface area contributed by atoms with E-state index in [2.05, 4.69) is 24.5 Å². The van der Waals surface area contributed by atoms with Gasteiger partial charge in [-0.25, -0.2) is 9.59 Å². The minimum atomic E-state index is -1.09. The molecular weight excluding hydrogens is 268 g/mol. The van der Waals surface area contributed by atoms with Crippen molar-refractivity contribution in [3.63, 3.8) is 0 Å². The van der Waals surface area contributed by atoms with Crippen LogP contribution >= 0.6 is 0 Å². The molecule has 2 saturated carbocycles. The molecule has 0 radical (unpaired) electrons. The summed E-state index contributed by atoms with van der Waals surface area (Å²) in [6.07, 6.45) is 8.34. The maximum absolute atomic E-state index is 12.3. The average Bonchev–Trinajstić information content (AvgIpc) is 2.38. The zero-order valence-corrected chi connectivity index (χ0v) is 13.2. The number of hydrogen-bond acceptors (Lipinski definition) is 2. The Labute approximate surface area is 126 Å². The van der Waals surface area contributed by atoms with Crippen molar-refractivity contribution in [1.29, 1.82) is 0 Å². The lowest BCUT2D eigenvalue weighted by Gasteiger charge is -2.39. The second-order valence-electron chi connectivity index (χ2n) is 7.29. The highest BCUT2D eigenvalue weighted by molar-refractivity contribution is 5.86. The van der Waals surface area contributed by atoms with Crippen molar-refractivity contribution in [3.05, 3.63) is 0 Å². The van der Waals surface area contributed by atoms with Gasteiger partial charge < -0.3 is 15.7 Å². The maximum atomic E-state index is 12.3. The zero-order chi connectivity index (χ0) is 15.5. The van der Waals surface area contributed by atoms with Crippen LogP contribution in [0.5, 0.6) is 0 Å². The van der Waals surface area contributed by atoms with Gasteiger partial charge in [0, 0.05) is 5.54 Å². The number of carbonyl (C=O) groups excluding carboxylic acids is 1. The van der Waals surface area contributed by atoms with Crippen molar-refractivity contribution in [2.75, 3.05) is 0 Å². The highest BCUT2D eigenvalue weighted by Gasteiger charge is 2.44. The molecule has 5 nitrogen and oxygen atoms in total. The first-order valence-electron chi connectivity index (χ1n) is 8.19. The lowest BCUT2D eigenvalue weighted by atomic mass is 9.76. The van der Waals surface area contributed by atoms with Crippen LogP contribution in [0.15, 0.2) is 0 Å². The number of urea groups is 1. The zero-order valence-electron chi connectivity index (χ0n) is 13.2. The lowest BCUT2D eigenvalue weighted by Crippen LogP contribution is -2.62. The molecule has 0 bridgehead atoms. The molecule has 0 aromatic rings. The molecular formula is C16H28N2O3. The molecule has 21 heavy (non-hydrogen) atoms. The van der Waals surface area contributed by atoms with Crippen molar-refractivity contribution in [1.82, 2.24) is 10.6 Å². The Bertz CT molecular complexity index is 404. The third-order valence-electron chi connectivity index (χ3n) is 5.13. The minimum absolute atomic E-state index is 0.192. The third kappa shape index (κ3) is 3.89. The quantitative estimate of drug-likeness (QED) is 0.749. The Morgan fingerprint density at radius 2 is 1.71 bits per heavy atom. The summed E-state index contributed by atoms with van der Waals surface area (Å²) >= 11 is 0. The first-order chi connectivity index (χ1) is 9.85. The van der Waals surface area contributed by atoms with Gasteiger partial charge in [-0.2, -0.15) is 0 Å². The van der Waals surface area contributed by atoms with E-state index in [1.807, 2.05) is 0 Å². The van der Waals surface area contributed by atoms with E-state index in [0.717, 1.165) is 38.5 Å². The van der Waals surface area contributed by atoms with Gasteiger partial charge in [0.25, 0.3) is 0 Å². The number of amides is 2. The molecule has 2 unspecified atom stereocenters. The third-order valence-corrected chi connectivity index (χ3v) is 5.13. The predicted octanol–water partition coefficient (Wildman–Crippen LogP) is 3.04. The summed E-state index contributed by atoms with van der Waals surface area (Å²) in [6, 6.07) is -0.323. The topological polar surface area (TPSA) is 78.4 Å². The first kappa shape index (κ1) is 16.1. The van der Waals surface area contributed by atoms with Crippen LogP contribution in [0.4, 0.5) is 4.79 Å². The summed E-state index contributed by atoms with van der Waals surface area (Å²) in [6.45, 7) is 4.11. The van der Waals surface area contributed by atoms with Gasteiger partial charge in [-0.1, -0.05) is 39.0 Å². The summed E-state index contributed by atoms with van der Waals surface area (Å²) < 4.78 is 0. The van der Waals surface area contributed by atoms with E-state index in [4.69, 9.17) is 0 Å². The molecule has 0 spiro atoms. The summed E-state index contributed by atoms with van der Waals surface area (Å²) in [7, 11) is 0. The van der Waals surface area contributed by atoms with Crippen LogP contribution in [0.25, 0.3) is 0 Å². The van der Waals surface area contributed by atoms with Crippen LogP contribution in [-0.2, 0) is 4.79 Å².